The normalized spacial score (nSPS) is 16.3. The van der Waals surface area contributed by atoms with Crippen molar-refractivity contribution < 1.29 is 21.6 Å². The van der Waals surface area contributed by atoms with Gasteiger partial charge in [0.15, 0.2) is 0 Å². The minimum absolute atomic E-state index is 0.405. The fourth-order valence-corrected chi connectivity index (χ4v) is 2.63. The summed E-state index contributed by atoms with van der Waals surface area (Å²) in [6.45, 7) is 0.976. The molecule has 1 aromatic carbocycles. The zero-order valence-corrected chi connectivity index (χ0v) is 11.1. The van der Waals surface area contributed by atoms with Crippen LogP contribution in [0.5, 0.6) is 0 Å². The Morgan fingerprint density at radius 3 is 2.11 bits per heavy atom. The molecule has 0 spiro atoms. The number of halogens is 4. The summed E-state index contributed by atoms with van der Waals surface area (Å²) in [6.07, 6.45) is -5.02. The van der Waals surface area contributed by atoms with Crippen LogP contribution in [0.4, 0.5) is 13.2 Å². The number of benzene rings is 1. The molecule has 0 aliphatic rings. The third-order valence-corrected chi connectivity index (χ3v) is 4.79. The van der Waals surface area contributed by atoms with Gasteiger partial charge < -0.3 is 0 Å². The second-order valence-electron chi connectivity index (χ2n) is 4.02. The Hall–Kier alpha value is -0.750. The van der Waals surface area contributed by atoms with Gasteiger partial charge in [-0.1, -0.05) is 30.3 Å². The van der Waals surface area contributed by atoms with Crippen LogP contribution in [0.3, 0.4) is 0 Å². The van der Waals surface area contributed by atoms with Crippen molar-refractivity contribution in [3.8, 4) is 0 Å². The second-order valence-corrected chi connectivity index (χ2v) is 7.00. The van der Waals surface area contributed by atoms with Crippen LogP contribution in [-0.4, -0.2) is 19.8 Å². The molecular weight excluding hydrogens is 289 g/mol. The van der Waals surface area contributed by atoms with Gasteiger partial charge in [-0.25, -0.2) is 8.42 Å². The first-order valence-corrected chi connectivity index (χ1v) is 7.53. The molecule has 0 saturated carbocycles. The van der Waals surface area contributed by atoms with E-state index in [2.05, 4.69) is 0 Å². The van der Waals surface area contributed by atoms with Crippen LogP contribution in [0.1, 0.15) is 12.5 Å². The average molecular weight is 301 g/mol. The highest BCUT2D eigenvalue weighted by Crippen LogP contribution is 2.35. The largest absolute Gasteiger partial charge is 0.393 e. The standard InChI is InChI=1S/C11H12ClF3O2S/c1-8(18(12,16)17)10(11(13,14)15)7-9-5-3-2-4-6-9/h2-6,8,10H,7H2,1H3. The van der Waals surface area contributed by atoms with Gasteiger partial charge in [-0.3, -0.25) is 0 Å². The summed E-state index contributed by atoms with van der Waals surface area (Å²) in [4.78, 5) is 0. The van der Waals surface area contributed by atoms with Crippen molar-refractivity contribution in [1.29, 1.82) is 0 Å². The maximum Gasteiger partial charge on any atom is 0.393 e. The first-order chi connectivity index (χ1) is 8.12. The van der Waals surface area contributed by atoms with Crippen LogP contribution < -0.4 is 0 Å². The SMILES string of the molecule is CC(C(Cc1ccccc1)C(F)(F)F)S(=O)(=O)Cl. The molecule has 18 heavy (non-hydrogen) atoms. The average Bonchev–Trinajstić information content (AvgIpc) is 2.23. The quantitative estimate of drug-likeness (QED) is 0.799. The minimum Gasteiger partial charge on any atom is -0.212 e. The number of hydrogen-bond donors (Lipinski definition) is 0. The van der Waals surface area contributed by atoms with Crippen LogP contribution in [0.2, 0.25) is 0 Å². The van der Waals surface area contributed by atoms with Crippen LogP contribution in [0, 0.1) is 5.92 Å². The Morgan fingerprint density at radius 2 is 1.72 bits per heavy atom. The van der Waals surface area contributed by atoms with Gasteiger partial charge in [-0.15, -0.1) is 0 Å². The fraction of sp³-hybridized carbons (Fsp3) is 0.455. The molecule has 0 N–H and O–H groups in total. The predicted octanol–water partition coefficient (Wildman–Crippen LogP) is 3.36. The smallest absolute Gasteiger partial charge is 0.212 e. The first kappa shape index (κ1) is 15.3. The molecule has 2 nitrogen and oxygen atoms in total. The van der Waals surface area contributed by atoms with E-state index in [0.717, 1.165) is 6.92 Å². The highest BCUT2D eigenvalue weighted by atomic mass is 35.7. The molecule has 2 unspecified atom stereocenters. The van der Waals surface area contributed by atoms with E-state index >= 15 is 0 Å². The maximum atomic E-state index is 12.9. The van der Waals surface area contributed by atoms with Crippen LogP contribution >= 0.6 is 10.7 Å². The first-order valence-electron chi connectivity index (χ1n) is 5.16. The van der Waals surface area contributed by atoms with Gasteiger partial charge in [0.1, 0.15) is 0 Å². The summed E-state index contributed by atoms with van der Waals surface area (Å²) in [7, 11) is 0.770. The van der Waals surface area contributed by atoms with Gasteiger partial charge in [-0.2, -0.15) is 13.2 Å². The number of alkyl halides is 3. The van der Waals surface area contributed by atoms with E-state index in [1.54, 1.807) is 18.2 Å². The summed E-state index contributed by atoms with van der Waals surface area (Å²) in [6, 6.07) is 7.91. The van der Waals surface area contributed by atoms with Crippen molar-refractivity contribution in [2.75, 3.05) is 0 Å². The molecule has 0 bridgehead atoms. The van der Waals surface area contributed by atoms with Gasteiger partial charge in [0.05, 0.1) is 11.2 Å². The lowest BCUT2D eigenvalue weighted by Crippen LogP contribution is -2.37. The molecule has 0 saturated heterocycles. The molecule has 0 radical (unpaired) electrons. The number of hydrogen-bond acceptors (Lipinski definition) is 2. The van der Waals surface area contributed by atoms with E-state index < -0.39 is 32.8 Å². The lowest BCUT2D eigenvalue weighted by molar-refractivity contribution is -0.173. The Kier molecular flexibility index (Phi) is 4.66. The van der Waals surface area contributed by atoms with Crippen molar-refractivity contribution in [1.82, 2.24) is 0 Å². The molecule has 0 aromatic heterocycles. The van der Waals surface area contributed by atoms with E-state index in [1.165, 1.54) is 12.1 Å². The van der Waals surface area contributed by atoms with Gasteiger partial charge in [0, 0.05) is 10.7 Å². The van der Waals surface area contributed by atoms with Gasteiger partial charge in [0.25, 0.3) is 0 Å². The van der Waals surface area contributed by atoms with E-state index in [9.17, 15) is 21.6 Å². The fourth-order valence-electron chi connectivity index (χ4n) is 1.61. The molecule has 0 aliphatic carbocycles. The Balaban J connectivity index is 3.02. The van der Waals surface area contributed by atoms with Gasteiger partial charge in [0.2, 0.25) is 9.05 Å². The molecule has 1 rings (SSSR count). The Bertz CT molecular complexity index is 485. The summed E-state index contributed by atoms with van der Waals surface area (Å²) in [5, 5.41) is -1.68. The Labute approximate surface area is 108 Å². The maximum absolute atomic E-state index is 12.9. The molecule has 102 valence electrons. The van der Waals surface area contributed by atoms with Crippen LogP contribution in [-0.2, 0) is 15.5 Å². The zero-order valence-electron chi connectivity index (χ0n) is 9.49. The molecule has 0 amide bonds. The third kappa shape index (κ3) is 4.17. The van der Waals surface area contributed by atoms with Crippen molar-refractivity contribution in [3.05, 3.63) is 35.9 Å². The summed E-state index contributed by atoms with van der Waals surface area (Å²) in [5.74, 6) is -2.01. The van der Waals surface area contributed by atoms with Crippen molar-refractivity contribution in [3.63, 3.8) is 0 Å². The van der Waals surface area contributed by atoms with Gasteiger partial charge >= 0.3 is 6.18 Å². The molecule has 1 aromatic rings. The third-order valence-electron chi connectivity index (χ3n) is 2.73. The molecule has 0 fully saturated rings. The molecule has 0 heterocycles. The Morgan fingerprint density at radius 1 is 1.22 bits per heavy atom. The van der Waals surface area contributed by atoms with Gasteiger partial charge in [-0.05, 0) is 18.9 Å². The molecule has 0 aliphatic heterocycles. The monoisotopic (exact) mass is 300 g/mol. The van der Waals surface area contributed by atoms with E-state index in [0.29, 0.717) is 5.56 Å². The van der Waals surface area contributed by atoms with Crippen molar-refractivity contribution in [2.45, 2.75) is 24.8 Å². The van der Waals surface area contributed by atoms with Crippen molar-refractivity contribution >= 4 is 19.7 Å². The van der Waals surface area contributed by atoms with E-state index in [4.69, 9.17) is 10.7 Å². The highest BCUT2D eigenvalue weighted by Gasteiger charge is 2.46. The molecule has 2 atom stereocenters. The summed E-state index contributed by atoms with van der Waals surface area (Å²) >= 11 is 0. The minimum atomic E-state index is -4.61. The lowest BCUT2D eigenvalue weighted by Gasteiger charge is -2.24. The number of rotatable bonds is 4. The lowest BCUT2D eigenvalue weighted by atomic mass is 9.96. The molecular formula is C11H12ClF3O2S. The summed E-state index contributed by atoms with van der Waals surface area (Å²) < 4.78 is 60.7. The van der Waals surface area contributed by atoms with E-state index in [-0.39, 0.29) is 0 Å². The van der Waals surface area contributed by atoms with Crippen LogP contribution in [0.15, 0.2) is 30.3 Å². The summed E-state index contributed by atoms with van der Waals surface area (Å²) in [5.41, 5.74) is 0.423. The second kappa shape index (κ2) is 5.48. The van der Waals surface area contributed by atoms with Crippen molar-refractivity contribution in [2.24, 2.45) is 5.92 Å². The topological polar surface area (TPSA) is 34.1 Å². The molecule has 7 heteroatoms. The zero-order chi connectivity index (χ0) is 14.0. The predicted molar refractivity (Wildman–Crippen MR) is 63.9 cm³/mol. The highest BCUT2D eigenvalue weighted by molar-refractivity contribution is 8.14. The van der Waals surface area contributed by atoms with E-state index in [1.807, 2.05) is 0 Å². The van der Waals surface area contributed by atoms with Crippen LogP contribution in [0.25, 0.3) is 0 Å².